The fraction of sp³-hybridized carbons (Fsp3) is 0.616. The molecule has 4 aliphatic heterocycles. The van der Waals surface area contributed by atoms with Crippen LogP contribution in [0.2, 0.25) is 0 Å². The number of likely N-dealkylation sites (N-methyl/N-ethyl adjacent to an activating group) is 1. The van der Waals surface area contributed by atoms with E-state index in [2.05, 4.69) is 42.5 Å². The first-order valence-corrected chi connectivity index (χ1v) is 36.3. The van der Waals surface area contributed by atoms with Crippen LogP contribution in [-0.2, 0) is 84.7 Å². The molecule has 4 aliphatic rings. The largest absolute Gasteiger partial charge is 0.497 e. The topological polar surface area (TPSA) is 474 Å². The van der Waals surface area contributed by atoms with Gasteiger partial charge in [0.1, 0.15) is 71.9 Å². The number of allylic oxidation sites excluding steroid dienone is 1. The van der Waals surface area contributed by atoms with Gasteiger partial charge < -0.3 is 97.8 Å². The first kappa shape index (κ1) is 85.3. The number of carbonyl (C=O) groups excluding carboxylic acids is 14. The van der Waals surface area contributed by atoms with Gasteiger partial charge in [-0.25, -0.2) is 4.79 Å². The number of aryl methyl sites for hydroxylation is 1. The van der Waals surface area contributed by atoms with E-state index < -0.39 is 218 Å². The summed E-state index contributed by atoms with van der Waals surface area (Å²) in [6.45, 7) is 8.91. The van der Waals surface area contributed by atoms with Crippen molar-refractivity contribution in [3.8, 4) is 5.75 Å². The molecule has 2 aromatic carbocycles. The molecule has 33 nitrogen and oxygen atoms in total. The van der Waals surface area contributed by atoms with Gasteiger partial charge in [-0.2, -0.15) is 0 Å². The molecule has 0 bridgehead atoms. The minimum absolute atomic E-state index is 0.00923. The molecule has 2 aromatic rings. The molecule has 6 rings (SSSR count). The van der Waals surface area contributed by atoms with Gasteiger partial charge >= 0.3 is 5.97 Å². The van der Waals surface area contributed by atoms with Crippen molar-refractivity contribution >= 4 is 82.8 Å². The molecule has 33 heteroatoms. The second kappa shape index (κ2) is 40.8. The maximum Gasteiger partial charge on any atom is 0.329 e. The van der Waals surface area contributed by atoms with Crippen molar-refractivity contribution in [2.24, 2.45) is 17.6 Å². The highest BCUT2D eigenvalue weighted by Crippen LogP contribution is 2.28. The summed E-state index contributed by atoms with van der Waals surface area (Å²) in [7, 11) is 2.86. The highest BCUT2D eigenvalue weighted by Gasteiger charge is 2.46. The average Bonchev–Trinajstić information content (AvgIpc) is 1.64. The number of aliphatic hydroxyl groups is 4. The molecule has 0 unspecified atom stereocenters. The number of nitrogens with zero attached hydrogens (tertiary/aromatic N) is 4. The molecule has 4 fully saturated rings. The van der Waals surface area contributed by atoms with Crippen LogP contribution in [0.1, 0.15) is 143 Å². The molecule has 0 spiro atoms. The normalized spacial score (nSPS) is 25.8. The van der Waals surface area contributed by atoms with E-state index in [1.54, 1.807) is 82.3 Å². The molecule has 15 atom stereocenters. The second-order valence-electron chi connectivity index (χ2n) is 28.1. The molecule has 0 radical (unpaired) electrons. The predicted molar refractivity (Wildman–Crippen MR) is 382 cm³/mol. The lowest BCUT2D eigenvalue weighted by Crippen LogP contribution is -2.61. The van der Waals surface area contributed by atoms with E-state index in [0.717, 1.165) is 17.9 Å². The lowest BCUT2D eigenvalue weighted by atomic mass is 9.95. The monoisotopic (exact) mass is 1490 g/mol. The quantitative estimate of drug-likeness (QED) is 0.0443. The smallest absolute Gasteiger partial charge is 0.329 e. The molecular formula is C73H107N13O20. The number of fused-ring (bicyclic) bond motifs is 3. The van der Waals surface area contributed by atoms with Crippen LogP contribution in [0.25, 0.3) is 0 Å². The molecule has 106 heavy (non-hydrogen) atoms. The molecule has 13 amide bonds. The minimum atomic E-state index is -2.43. The number of nitrogens with two attached hydrogens (primary N) is 1. The van der Waals surface area contributed by atoms with Crippen molar-refractivity contribution in [1.82, 2.24) is 62.1 Å². The number of methoxy groups -OCH3 is 1. The molecule has 0 aliphatic carbocycles. The molecule has 4 heterocycles. The van der Waals surface area contributed by atoms with Crippen LogP contribution in [0, 0.1) is 11.8 Å². The lowest BCUT2D eigenvalue weighted by molar-refractivity contribution is -0.161. The van der Waals surface area contributed by atoms with E-state index in [1.807, 2.05) is 0 Å². The number of benzene rings is 2. The summed E-state index contributed by atoms with van der Waals surface area (Å²) >= 11 is 0. The third-order valence-electron chi connectivity index (χ3n) is 19.8. The summed E-state index contributed by atoms with van der Waals surface area (Å²) in [6, 6.07) is 0.341. The average molecular weight is 1490 g/mol. The van der Waals surface area contributed by atoms with Gasteiger partial charge in [0.2, 0.25) is 65.0 Å². The third-order valence-corrected chi connectivity index (χ3v) is 19.8. The lowest BCUT2D eigenvalue weighted by Gasteiger charge is -2.34. The van der Waals surface area contributed by atoms with Gasteiger partial charge in [0.05, 0.1) is 38.5 Å². The summed E-state index contributed by atoms with van der Waals surface area (Å²) in [5.74, 6) is -13.4. The standard InChI is InChI=1S/C73H107N13O20/c1-10-41(5)60-68(99)80-53(39-87)65(96)76-49(11-2)64(95)82-61(42(6)88)69(100)78-51(28-25-44-23-26-47(105-9)27-24-44)71(102)85-32-15-20-54(85)66(97)79-52(37-48(36-46(90)35-45-18-13-12-14-19-45)106-73(104)57(34-40(3)4)83(8)43(7)89)62(93)70(101)77-50(29-30-58(74)91)63(94)75-38-59(92)84-31-17-22-56(84)72(103)86-33-16-21-55(86)67(98)81-60/h11-14,18-19,23-24,26-27,40-42,46,48,50-57,60-62,87-88,90,93H,10,15-17,20-22,25,28-39H2,1-9H3,(H2,74,91)(H,75,94)(H,76,96)(H,77,101)(H,78,100)(H,79,97)(H,80,99)(H,81,98)(H,82,95)/b49-11+/t41-,42+,46-,48-,50+,51+,52+,53-,54-,55-,56-,57-,60+,61-,62-/m0/s1. The zero-order chi connectivity index (χ0) is 78.2. The van der Waals surface area contributed by atoms with E-state index in [9.17, 15) is 78.0 Å². The summed E-state index contributed by atoms with van der Waals surface area (Å²) < 4.78 is 11.5. The van der Waals surface area contributed by atoms with Gasteiger partial charge in [0.15, 0.2) is 6.10 Å². The highest BCUT2D eigenvalue weighted by atomic mass is 16.5. The number of primary amides is 1. The zero-order valence-electron chi connectivity index (χ0n) is 61.8. The number of nitrogens with one attached hydrogen (secondary N) is 8. The Hall–Kier alpha value is -9.60. The van der Waals surface area contributed by atoms with Crippen LogP contribution in [0.15, 0.2) is 66.4 Å². The molecule has 4 saturated heterocycles. The number of carbonyl (C=O) groups is 14. The summed E-state index contributed by atoms with van der Waals surface area (Å²) in [6.07, 6.45) is -6.60. The molecule has 14 N–H and O–H groups in total. The number of hydrogen-bond donors (Lipinski definition) is 13. The number of esters is 1. The van der Waals surface area contributed by atoms with E-state index in [4.69, 9.17) is 15.2 Å². The van der Waals surface area contributed by atoms with Crippen LogP contribution in [0.5, 0.6) is 5.75 Å². The number of rotatable bonds is 22. The Kier molecular flexibility index (Phi) is 32.8. The Morgan fingerprint density at radius 2 is 1.25 bits per heavy atom. The van der Waals surface area contributed by atoms with Crippen molar-refractivity contribution in [1.29, 1.82) is 0 Å². The van der Waals surface area contributed by atoms with E-state index in [-0.39, 0.29) is 76.9 Å². The minimum Gasteiger partial charge on any atom is -0.497 e. The van der Waals surface area contributed by atoms with Gasteiger partial charge in [-0.3, -0.25) is 62.3 Å². The number of ether oxygens (including phenoxy) is 2. The summed E-state index contributed by atoms with van der Waals surface area (Å²) in [5.41, 5.74) is 6.34. The third kappa shape index (κ3) is 24.0. The van der Waals surface area contributed by atoms with Gasteiger partial charge in [-0.05, 0) is 120 Å². The van der Waals surface area contributed by atoms with E-state index >= 15 is 9.59 Å². The number of hydrogen-bond acceptors (Lipinski definition) is 20. The molecular weight excluding hydrogens is 1380 g/mol. The molecule has 584 valence electrons. The Bertz CT molecular complexity index is 3470. The fourth-order valence-corrected chi connectivity index (χ4v) is 13.5. The fourth-order valence-electron chi connectivity index (χ4n) is 13.5. The second-order valence-corrected chi connectivity index (χ2v) is 28.1. The molecule has 0 saturated carbocycles. The Morgan fingerprint density at radius 1 is 0.670 bits per heavy atom. The predicted octanol–water partition coefficient (Wildman–Crippen LogP) is -2.11. The van der Waals surface area contributed by atoms with Gasteiger partial charge in [-0.1, -0.05) is 82.7 Å². The first-order chi connectivity index (χ1) is 50.3. The first-order valence-electron chi connectivity index (χ1n) is 36.3. The van der Waals surface area contributed by atoms with Crippen LogP contribution >= 0.6 is 0 Å². The van der Waals surface area contributed by atoms with Crippen LogP contribution in [-0.4, -0.2) is 255 Å². The maximum absolute atomic E-state index is 15.3. The molecule has 0 aromatic heterocycles. The van der Waals surface area contributed by atoms with Crippen molar-refractivity contribution < 1.29 is 97.0 Å². The number of aliphatic hydroxyl groups excluding tert-OH is 4. The van der Waals surface area contributed by atoms with Crippen molar-refractivity contribution in [2.75, 3.05) is 46.9 Å². The summed E-state index contributed by atoms with van der Waals surface area (Å²) in [5, 5.41) is 66.0. The van der Waals surface area contributed by atoms with Crippen molar-refractivity contribution in [2.45, 2.75) is 230 Å². The van der Waals surface area contributed by atoms with Crippen molar-refractivity contribution in [3.05, 3.63) is 77.5 Å². The Labute approximate surface area is 616 Å². The van der Waals surface area contributed by atoms with Crippen LogP contribution in [0.4, 0.5) is 0 Å². The van der Waals surface area contributed by atoms with Gasteiger partial charge in [0.25, 0.3) is 11.8 Å². The number of amides is 13. The highest BCUT2D eigenvalue weighted by molar-refractivity contribution is 6.03. The maximum atomic E-state index is 15.3. The SMILES string of the molecule is C/C=C1/NC(=O)[C@H](CO)NC(=O)[C@@H]([C@@H](C)CC)NC(=O)[C@@H]2CCCN2C(=O)[C@@H]2CCCN2C(=O)CNC(=O)[C@@H](CCC(N)=O)NC(=O)[C@@H](O)[C@@H](C[C@H](C[C@@H](O)Cc2ccccc2)OC(=O)[C@H](CC(C)C)N(C)C(C)=O)NC(=O)[C@@H]2CCCN2C(=O)[C@@H](CCc2ccc(OC)cc2)NC(=O)[C@H]([C@@H](C)O)NC1=O. The van der Waals surface area contributed by atoms with E-state index in [1.165, 1.54) is 42.7 Å². The Morgan fingerprint density at radius 3 is 1.83 bits per heavy atom. The van der Waals surface area contributed by atoms with Crippen LogP contribution < -0.4 is 53.0 Å². The zero-order valence-corrected chi connectivity index (χ0v) is 61.8. The van der Waals surface area contributed by atoms with Crippen molar-refractivity contribution in [3.63, 3.8) is 0 Å². The summed E-state index contributed by atoms with van der Waals surface area (Å²) in [4.78, 5) is 204. The Balaban J connectivity index is 1.45. The van der Waals surface area contributed by atoms with Gasteiger partial charge in [0, 0.05) is 52.9 Å². The van der Waals surface area contributed by atoms with Gasteiger partial charge in [-0.15, -0.1) is 0 Å². The van der Waals surface area contributed by atoms with E-state index in [0.29, 0.717) is 36.1 Å². The van der Waals surface area contributed by atoms with Crippen LogP contribution in [0.3, 0.4) is 0 Å².